The summed E-state index contributed by atoms with van der Waals surface area (Å²) in [5.41, 5.74) is 1.06. The zero-order valence-corrected chi connectivity index (χ0v) is 11.2. The van der Waals surface area contributed by atoms with Crippen LogP contribution in [-0.4, -0.2) is 35.6 Å². The molecule has 1 aromatic rings. The van der Waals surface area contributed by atoms with Crippen molar-refractivity contribution in [3.8, 4) is 0 Å². The van der Waals surface area contributed by atoms with Crippen molar-refractivity contribution in [2.75, 3.05) is 24.5 Å². The van der Waals surface area contributed by atoms with E-state index in [1.165, 1.54) is 0 Å². The van der Waals surface area contributed by atoms with Gasteiger partial charge in [0.2, 0.25) is 0 Å². The quantitative estimate of drug-likeness (QED) is 0.845. The lowest BCUT2D eigenvalue weighted by atomic mass is 10.2. The molecule has 2 rings (SSSR count). The highest BCUT2D eigenvalue weighted by atomic mass is 15.2. The molecule has 1 N–H and O–H groups in total. The van der Waals surface area contributed by atoms with Crippen LogP contribution in [0.2, 0.25) is 0 Å². The molecular weight excluding hydrogens is 212 g/mol. The maximum atomic E-state index is 4.68. The maximum Gasteiger partial charge on any atom is 0.133 e. The Morgan fingerprint density at radius 3 is 2.82 bits per heavy atom. The van der Waals surface area contributed by atoms with Gasteiger partial charge >= 0.3 is 0 Å². The minimum absolute atomic E-state index is 0.383. The van der Waals surface area contributed by atoms with Crippen molar-refractivity contribution in [1.82, 2.24) is 15.3 Å². The Morgan fingerprint density at radius 2 is 2.18 bits per heavy atom. The van der Waals surface area contributed by atoms with Crippen LogP contribution in [0, 0.1) is 6.92 Å². The molecule has 0 aromatic carbocycles. The van der Waals surface area contributed by atoms with E-state index in [0.29, 0.717) is 12.0 Å². The number of piperazine rings is 1. The van der Waals surface area contributed by atoms with Gasteiger partial charge in [-0.1, -0.05) is 13.8 Å². The van der Waals surface area contributed by atoms with E-state index < -0.39 is 0 Å². The van der Waals surface area contributed by atoms with Crippen molar-refractivity contribution in [2.24, 2.45) is 0 Å². The lowest BCUT2D eigenvalue weighted by molar-refractivity contribution is 0.481. The van der Waals surface area contributed by atoms with E-state index in [1.54, 1.807) is 0 Å². The molecule has 0 saturated carbocycles. The number of rotatable bonds is 2. The van der Waals surface area contributed by atoms with E-state index in [2.05, 4.69) is 47.0 Å². The third-order valence-electron chi connectivity index (χ3n) is 3.07. The van der Waals surface area contributed by atoms with Crippen LogP contribution in [0.5, 0.6) is 0 Å². The molecule has 4 heteroatoms. The van der Waals surface area contributed by atoms with Gasteiger partial charge in [-0.2, -0.15) is 0 Å². The molecule has 1 aliphatic rings. The monoisotopic (exact) mass is 234 g/mol. The van der Waals surface area contributed by atoms with E-state index in [4.69, 9.17) is 0 Å². The first-order valence-electron chi connectivity index (χ1n) is 6.40. The summed E-state index contributed by atoms with van der Waals surface area (Å²) in [6.45, 7) is 11.6. The van der Waals surface area contributed by atoms with Gasteiger partial charge in [-0.05, 0) is 13.8 Å². The Morgan fingerprint density at radius 1 is 1.41 bits per heavy atom. The molecule has 0 aliphatic carbocycles. The summed E-state index contributed by atoms with van der Waals surface area (Å²) in [4.78, 5) is 11.5. The maximum absolute atomic E-state index is 4.68. The fourth-order valence-electron chi connectivity index (χ4n) is 2.14. The Hall–Kier alpha value is -1.16. The largest absolute Gasteiger partial charge is 0.354 e. The number of nitrogens with one attached hydrogen (secondary N) is 1. The summed E-state index contributed by atoms with van der Waals surface area (Å²) < 4.78 is 0. The van der Waals surface area contributed by atoms with Crippen molar-refractivity contribution in [3.63, 3.8) is 0 Å². The number of hydrogen-bond donors (Lipinski definition) is 1. The Labute approximate surface area is 103 Å². The molecule has 17 heavy (non-hydrogen) atoms. The second kappa shape index (κ2) is 5.00. The Kier molecular flexibility index (Phi) is 3.62. The second-order valence-corrected chi connectivity index (χ2v) is 5.18. The van der Waals surface area contributed by atoms with E-state index >= 15 is 0 Å². The second-order valence-electron chi connectivity index (χ2n) is 5.18. The van der Waals surface area contributed by atoms with E-state index in [0.717, 1.165) is 37.0 Å². The molecule has 2 heterocycles. The van der Waals surface area contributed by atoms with Crippen molar-refractivity contribution in [3.05, 3.63) is 17.6 Å². The van der Waals surface area contributed by atoms with Crippen LogP contribution in [0.1, 0.15) is 38.2 Å². The van der Waals surface area contributed by atoms with Gasteiger partial charge in [0.05, 0.1) is 0 Å². The van der Waals surface area contributed by atoms with Crippen LogP contribution in [0.4, 0.5) is 5.82 Å². The average molecular weight is 234 g/mol. The molecule has 1 aliphatic heterocycles. The fraction of sp³-hybridized carbons (Fsp3) is 0.692. The summed E-state index contributed by atoms with van der Waals surface area (Å²) in [6, 6.07) is 2.62. The van der Waals surface area contributed by atoms with E-state index in [1.807, 2.05) is 6.92 Å². The third kappa shape index (κ3) is 2.94. The SMILES string of the molecule is Cc1cc(N2CCN[C@@H](C)C2)nc(C(C)C)n1. The number of anilines is 1. The Bertz CT molecular complexity index is 389. The summed E-state index contributed by atoms with van der Waals surface area (Å²) in [5.74, 6) is 2.41. The molecule has 0 unspecified atom stereocenters. The molecule has 1 saturated heterocycles. The number of aryl methyl sites for hydroxylation is 1. The molecule has 0 amide bonds. The molecule has 1 atom stereocenters. The molecule has 4 nitrogen and oxygen atoms in total. The van der Waals surface area contributed by atoms with Crippen LogP contribution in [0.3, 0.4) is 0 Å². The van der Waals surface area contributed by atoms with Gasteiger partial charge in [-0.25, -0.2) is 9.97 Å². The highest BCUT2D eigenvalue weighted by molar-refractivity contribution is 5.40. The molecule has 0 bridgehead atoms. The topological polar surface area (TPSA) is 41.0 Å². The highest BCUT2D eigenvalue weighted by Gasteiger charge is 2.18. The first kappa shape index (κ1) is 12.3. The summed E-state index contributed by atoms with van der Waals surface area (Å²) in [6.07, 6.45) is 0. The summed E-state index contributed by atoms with van der Waals surface area (Å²) in [5, 5.41) is 3.45. The predicted octanol–water partition coefficient (Wildman–Crippen LogP) is 1.71. The number of aromatic nitrogens is 2. The standard InChI is InChI=1S/C13H22N4/c1-9(2)13-15-10(3)7-12(16-13)17-6-5-14-11(4)8-17/h7,9,11,14H,5-6,8H2,1-4H3/t11-/m0/s1. The molecule has 0 radical (unpaired) electrons. The lowest BCUT2D eigenvalue weighted by Crippen LogP contribution is -2.49. The molecule has 0 spiro atoms. The summed E-state index contributed by atoms with van der Waals surface area (Å²) >= 11 is 0. The molecular formula is C13H22N4. The normalized spacial score (nSPS) is 21.0. The zero-order chi connectivity index (χ0) is 12.4. The van der Waals surface area contributed by atoms with Gasteiger partial charge in [0, 0.05) is 43.4 Å². The predicted molar refractivity (Wildman–Crippen MR) is 70.5 cm³/mol. The average Bonchev–Trinajstić information content (AvgIpc) is 2.28. The van der Waals surface area contributed by atoms with E-state index in [9.17, 15) is 0 Å². The van der Waals surface area contributed by atoms with Crippen molar-refractivity contribution < 1.29 is 0 Å². The fourth-order valence-corrected chi connectivity index (χ4v) is 2.14. The minimum atomic E-state index is 0.383. The smallest absolute Gasteiger partial charge is 0.133 e. The van der Waals surface area contributed by atoms with Crippen molar-refractivity contribution >= 4 is 5.82 Å². The lowest BCUT2D eigenvalue weighted by Gasteiger charge is -2.33. The summed E-state index contributed by atoms with van der Waals surface area (Å²) in [7, 11) is 0. The number of hydrogen-bond acceptors (Lipinski definition) is 4. The van der Waals surface area contributed by atoms with Crippen molar-refractivity contribution in [1.29, 1.82) is 0 Å². The van der Waals surface area contributed by atoms with Crippen LogP contribution in [-0.2, 0) is 0 Å². The zero-order valence-electron chi connectivity index (χ0n) is 11.2. The first-order chi connectivity index (χ1) is 8.06. The van der Waals surface area contributed by atoms with Crippen molar-refractivity contribution in [2.45, 2.75) is 39.7 Å². The first-order valence-corrected chi connectivity index (χ1v) is 6.40. The molecule has 1 fully saturated rings. The Balaban J connectivity index is 2.25. The van der Waals surface area contributed by atoms with Gasteiger partial charge in [0.1, 0.15) is 11.6 Å². The van der Waals surface area contributed by atoms with Gasteiger partial charge in [-0.3, -0.25) is 0 Å². The highest BCUT2D eigenvalue weighted by Crippen LogP contribution is 2.18. The third-order valence-corrected chi connectivity index (χ3v) is 3.07. The minimum Gasteiger partial charge on any atom is -0.354 e. The van der Waals surface area contributed by atoms with Crippen LogP contribution >= 0.6 is 0 Å². The molecule has 94 valence electrons. The van der Waals surface area contributed by atoms with Gasteiger partial charge < -0.3 is 10.2 Å². The number of nitrogens with zero attached hydrogens (tertiary/aromatic N) is 3. The van der Waals surface area contributed by atoms with Crippen LogP contribution in [0.25, 0.3) is 0 Å². The van der Waals surface area contributed by atoms with Crippen LogP contribution < -0.4 is 10.2 Å². The van der Waals surface area contributed by atoms with Crippen LogP contribution in [0.15, 0.2) is 6.07 Å². The van der Waals surface area contributed by atoms with E-state index in [-0.39, 0.29) is 0 Å². The molecule has 1 aromatic heterocycles. The van der Waals surface area contributed by atoms with Gasteiger partial charge in [0.25, 0.3) is 0 Å². The van der Waals surface area contributed by atoms with Gasteiger partial charge in [0.15, 0.2) is 0 Å². The van der Waals surface area contributed by atoms with Gasteiger partial charge in [-0.15, -0.1) is 0 Å².